The molecular formula is C21H32N4O2. The van der Waals surface area contributed by atoms with Gasteiger partial charge in [-0.25, -0.2) is 0 Å². The Morgan fingerprint density at radius 2 is 1.78 bits per heavy atom. The highest BCUT2D eigenvalue weighted by atomic mass is 16.2. The van der Waals surface area contributed by atoms with Crippen LogP contribution in [-0.2, 0) is 9.59 Å². The van der Waals surface area contributed by atoms with Gasteiger partial charge in [0.05, 0.1) is 6.54 Å². The Labute approximate surface area is 162 Å². The summed E-state index contributed by atoms with van der Waals surface area (Å²) in [5.74, 6) is 0.938. The number of nitrogens with one attached hydrogen (secondary N) is 1. The molecule has 0 aliphatic carbocycles. The molecule has 1 aromatic rings. The summed E-state index contributed by atoms with van der Waals surface area (Å²) in [6, 6.07) is 10.5. The zero-order valence-electron chi connectivity index (χ0n) is 16.6. The average Bonchev–Trinajstić information content (AvgIpc) is 3.16. The van der Waals surface area contributed by atoms with Crippen molar-refractivity contribution in [1.29, 1.82) is 0 Å². The van der Waals surface area contributed by atoms with Crippen LogP contribution < -0.4 is 10.2 Å². The van der Waals surface area contributed by atoms with Gasteiger partial charge in [0.1, 0.15) is 0 Å². The first kappa shape index (κ1) is 19.7. The maximum atomic E-state index is 12.3. The Morgan fingerprint density at radius 3 is 2.44 bits per heavy atom. The largest absolute Gasteiger partial charge is 0.371 e. The van der Waals surface area contributed by atoms with E-state index in [4.69, 9.17) is 0 Å². The Bertz CT molecular complexity index is 626. The third kappa shape index (κ3) is 5.45. The number of anilines is 1. The number of nitrogens with zero attached hydrogens (tertiary/aromatic N) is 3. The molecule has 2 heterocycles. The number of hydrogen-bond donors (Lipinski definition) is 1. The minimum absolute atomic E-state index is 0.102. The number of carbonyl (C=O) groups is 2. The standard InChI is InChI=1S/C21H32N4O2/c1-23(2)21(27)18-9-11-24(12-10-18)16-20(26)22-14-17-8-13-25(15-17)19-6-4-3-5-7-19/h3-7,17-18H,8-16H2,1-2H3,(H,22,26). The molecule has 0 radical (unpaired) electrons. The lowest BCUT2D eigenvalue weighted by Gasteiger charge is -2.32. The van der Waals surface area contributed by atoms with Gasteiger partial charge in [-0.3, -0.25) is 14.5 Å². The SMILES string of the molecule is CN(C)C(=O)C1CCN(CC(=O)NCC2CCN(c3ccccc3)C2)CC1. The maximum absolute atomic E-state index is 12.3. The highest BCUT2D eigenvalue weighted by molar-refractivity contribution is 5.79. The van der Waals surface area contributed by atoms with Crippen LogP contribution in [-0.4, -0.2) is 75.0 Å². The molecule has 2 amide bonds. The zero-order valence-corrected chi connectivity index (χ0v) is 16.6. The van der Waals surface area contributed by atoms with E-state index in [1.54, 1.807) is 4.90 Å². The van der Waals surface area contributed by atoms with Crippen LogP contribution in [0, 0.1) is 11.8 Å². The maximum Gasteiger partial charge on any atom is 0.234 e. The van der Waals surface area contributed by atoms with Gasteiger partial charge in [0.2, 0.25) is 11.8 Å². The lowest BCUT2D eigenvalue weighted by atomic mass is 9.95. The third-order valence-electron chi connectivity index (χ3n) is 5.74. The highest BCUT2D eigenvalue weighted by Crippen LogP contribution is 2.23. The summed E-state index contributed by atoms with van der Waals surface area (Å²) in [4.78, 5) is 30.6. The third-order valence-corrected chi connectivity index (χ3v) is 5.74. The first-order valence-corrected chi connectivity index (χ1v) is 10.0. The van der Waals surface area contributed by atoms with Crippen molar-refractivity contribution in [3.8, 4) is 0 Å². The summed E-state index contributed by atoms with van der Waals surface area (Å²) in [6.45, 7) is 4.89. The van der Waals surface area contributed by atoms with Crippen molar-refractivity contribution in [2.45, 2.75) is 19.3 Å². The van der Waals surface area contributed by atoms with Gasteiger partial charge in [-0.1, -0.05) is 18.2 Å². The summed E-state index contributed by atoms with van der Waals surface area (Å²) in [5.41, 5.74) is 1.27. The molecule has 2 aliphatic heterocycles. The van der Waals surface area contributed by atoms with E-state index >= 15 is 0 Å². The number of carbonyl (C=O) groups excluding carboxylic acids is 2. The smallest absolute Gasteiger partial charge is 0.234 e. The Morgan fingerprint density at radius 1 is 1.07 bits per heavy atom. The van der Waals surface area contributed by atoms with Crippen LogP contribution in [0.1, 0.15) is 19.3 Å². The van der Waals surface area contributed by atoms with Crippen molar-refractivity contribution in [2.75, 3.05) is 58.3 Å². The predicted molar refractivity (Wildman–Crippen MR) is 108 cm³/mol. The van der Waals surface area contributed by atoms with E-state index in [0.29, 0.717) is 12.5 Å². The number of amides is 2. The topological polar surface area (TPSA) is 55.9 Å². The molecule has 1 unspecified atom stereocenters. The van der Waals surface area contributed by atoms with E-state index in [1.165, 1.54) is 5.69 Å². The van der Waals surface area contributed by atoms with Gasteiger partial charge in [-0.05, 0) is 50.4 Å². The van der Waals surface area contributed by atoms with Crippen molar-refractivity contribution >= 4 is 17.5 Å². The number of rotatable bonds is 6. The number of hydrogen-bond acceptors (Lipinski definition) is 4. The monoisotopic (exact) mass is 372 g/mol. The van der Waals surface area contributed by atoms with E-state index in [2.05, 4.69) is 39.4 Å². The molecule has 1 N–H and O–H groups in total. The minimum Gasteiger partial charge on any atom is -0.371 e. The highest BCUT2D eigenvalue weighted by Gasteiger charge is 2.27. The predicted octanol–water partition coefficient (Wildman–Crippen LogP) is 1.43. The van der Waals surface area contributed by atoms with Gasteiger partial charge in [-0.15, -0.1) is 0 Å². The Balaban J connectivity index is 1.34. The molecule has 0 bridgehead atoms. The van der Waals surface area contributed by atoms with Gasteiger partial charge in [0, 0.05) is 45.3 Å². The fourth-order valence-corrected chi connectivity index (χ4v) is 4.09. The van der Waals surface area contributed by atoms with Crippen LogP contribution in [0.4, 0.5) is 5.69 Å². The molecule has 6 heteroatoms. The summed E-state index contributed by atoms with van der Waals surface area (Å²) < 4.78 is 0. The second-order valence-electron chi connectivity index (χ2n) is 8.02. The second-order valence-corrected chi connectivity index (χ2v) is 8.02. The van der Waals surface area contributed by atoms with Gasteiger partial charge < -0.3 is 15.1 Å². The molecule has 2 saturated heterocycles. The summed E-state index contributed by atoms with van der Waals surface area (Å²) >= 11 is 0. The van der Waals surface area contributed by atoms with Gasteiger partial charge >= 0.3 is 0 Å². The van der Waals surface area contributed by atoms with Gasteiger partial charge in [0.25, 0.3) is 0 Å². The molecule has 2 fully saturated rings. The van der Waals surface area contributed by atoms with Gasteiger partial charge in [0.15, 0.2) is 0 Å². The van der Waals surface area contributed by atoms with Crippen LogP contribution in [0.3, 0.4) is 0 Å². The fraction of sp³-hybridized carbons (Fsp3) is 0.619. The van der Waals surface area contributed by atoms with E-state index < -0.39 is 0 Å². The van der Waals surface area contributed by atoms with E-state index in [1.807, 2.05) is 20.2 Å². The second kappa shape index (κ2) is 9.22. The van der Waals surface area contributed by atoms with Crippen LogP contribution in [0.5, 0.6) is 0 Å². The number of benzene rings is 1. The average molecular weight is 373 g/mol. The Hall–Kier alpha value is -2.08. The number of likely N-dealkylation sites (tertiary alicyclic amines) is 1. The van der Waals surface area contributed by atoms with Crippen LogP contribution >= 0.6 is 0 Å². The fourth-order valence-electron chi connectivity index (χ4n) is 4.09. The molecule has 1 atom stereocenters. The summed E-state index contributed by atoms with van der Waals surface area (Å²) in [7, 11) is 3.62. The lowest BCUT2D eigenvalue weighted by Crippen LogP contribution is -2.45. The van der Waals surface area contributed by atoms with Crippen molar-refractivity contribution in [3.05, 3.63) is 30.3 Å². The van der Waals surface area contributed by atoms with Crippen LogP contribution in [0.25, 0.3) is 0 Å². The molecule has 6 nitrogen and oxygen atoms in total. The number of para-hydroxylation sites is 1. The molecule has 0 saturated carbocycles. The van der Waals surface area contributed by atoms with Crippen LogP contribution in [0.2, 0.25) is 0 Å². The van der Waals surface area contributed by atoms with Crippen molar-refractivity contribution in [3.63, 3.8) is 0 Å². The molecule has 1 aromatic carbocycles. The molecular weight excluding hydrogens is 340 g/mol. The molecule has 2 aliphatic rings. The van der Waals surface area contributed by atoms with Crippen molar-refractivity contribution in [1.82, 2.24) is 15.1 Å². The van der Waals surface area contributed by atoms with Crippen LogP contribution in [0.15, 0.2) is 30.3 Å². The van der Waals surface area contributed by atoms with Crippen molar-refractivity contribution in [2.24, 2.45) is 11.8 Å². The zero-order chi connectivity index (χ0) is 19.2. The van der Waals surface area contributed by atoms with E-state index in [-0.39, 0.29) is 17.7 Å². The van der Waals surface area contributed by atoms with E-state index in [9.17, 15) is 9.59 Å². The van der Waals surface area contributed by atoms with Gasteiger partial charge in [-0.2, -0.15) is 0 Å². The lowest BCUT2D eigenvalue weighted by molar-refractivity contribution is -0.134. The number of piperidine rings is 1. The summed E-state index contributed by atoms with van der Waals surface area (Å²) in [5, 5.41) is 3.11. The normalized spacial score (nSPS) is 21.3. The molecule has 148 valence electrons. The minimum atomic E-state index is 0.102. The molecule has 0 spiro atoms. The Kier molecular flexibility index (Phi) is 6.72. The summed E-state index contributed by atoms with van der Waals surface area (Å²) in [6.07, 6.45) is 2.81. The molecule has 27 heavy (non-hydrogen) atoms. The first-order chi connectivity index (χ1) is 13.0. The quantitative estimate of drug-likeness (QED) is 0.821. The van der Waals surface area contributed by atoms with E-state index in [0.717, 1.165) is 52.0 Å². The molecule has 3 rings (SSSR count). The molecule has 0 aromatic heterocycles. The van der Waals surface area contributed by atoms with Crippen molar-refractivity contribution < 1.29 is 9.59 Å². The first-order valence-electron chi connectivity index (χ1n) is 10.0.